The van der Waals surface area contributed by atoms with E-state index in [9.17, 15) is 4.57 Å². The predicted octanol–water partition coefficient (Wildman–Crippen LogP) is 4.01. The lowest BCUT2D eigenvalue weighted by molar-refractivity contribution is 0.415. The lowest BCUT2D eigenvalue weighted by atomic mass is 10.2. The van der Waals surface area contributed by atoms with Gasteiger partial charge in [0.1, 0.15) is 5.75 Å². The molecule has 2 rings (SSSR count). The minimum Gasteiger partial charge on any atom is -0.497 e. The molecule has 0 fully saturated rings. The second kappa shape index (κ2) is 6.85. The van der Waals surface area contributed by atoms with E-state index in [0.29, 0.717) is 0 Å². The van der Waals surface area contributed by atoms with Crippen molar-refractivity contribution < 1.29 is 9.30 Å². The summed E-state index contributed by atoms with van der Waals surface area (Å²) in [6.07, 6.45) is 0. The summed E-state index contributed by atoms with van der Waals surface area (Å²) in [4.78, 5) is 0. The molecule has 0 radical (unpaired) electrons. The highest BCUT2D eigenvalue weighted by atomic mass is 31.2. The molecular weight excluding hydrogens is 279 g/mol. The Morgan fingerprint density at radius 3 is 1.90 bits per heavy atom. The van der Waals surface area contributed by atoms with E-state index in [1.165, 1.54) is 0 Å². The second-order valence-electron chi connectivity index (χ2n) is 4.49. The summed E-state index contributed by atoms with van der Waals surface area (Å²) < 4.78 is 17.4. The fraction of sp³-hybridized carbons (Fsp3) is 0.111. The van der Waals surface area contributed by atoms with Crippen LogP contribution in [0.3, 0.4) is 0 Å². The van der Waals surface area contributed by atoms with Crippen molar-refractivity contribution in [3.05, 3.63) is 65.7 Å². The molecule has 0 aliphatic heterocycles. The topological polar surface area (TPSA) is 26.3 Å². The van der Waals surface area contributed by atoms with Crippen molar-refractivity contribution in [2.24, 2.45) is 0 Å². The van der Waals surface area contributed by atoms with Crippen LogP contribution in [0.1, 0.15) is 11.1 Å². The summed E-state index contributed by atoms with van der Waals surface area (Å²) in [6.45, 7) is 1.58. The average molecular weight is 294 g/mol. The first-order valence-electron chi connectivity index (χ1n) is 6.42. The molecule has 1 unspecified atom stereocenters. The third-order valence-corrected chi connectivity index (χ3v) is 3.77. The summed E-state index contributed by atoms with van der Waals surface area (Å²) in [5, 5.41) is 0. The quantitative estimate of drug-likeness (QED) is 0.587. The second-order valence-corrected chi connectivity index (χ2v) is 6.79. The highest BCUT2D eigenvalue weighted by Gasteiger charge is 2.05. The van der Waals surface area contributed by atoms with Crippen molar-refractivity contribution in [3.8, 4) is 28.9 Å². The highest BCUT2D eigenvalue weighted by Crippen LogP contribution is 2.38. The Balaban J connectivity index is 2.16. The Morgan fingerprint density at radius 2 is 1.38 bits per heavy atom. The van der Waals surface area contributed by atoms with Crippen molar-refractivity contribution in [1.82, 2.24) is 0 Å². The third kappa shape index (κ3) is 4.88. The zero-order valence-electron chi connectivity index (χ0n) is 12.0. The maximum absolute atomic E-state index is 12.3. The standard InChI is InChI=1S/C18H15O2P/c1-20-18-10-8-17(9-11-18)13-15-21(2,19)14-12-16-6-4-3-5-7-16/h3-11H,1-2H3. The van der Waals surface area contributed by atoms with Gasteiger partial charge in [0.15, 0.2) is 0 Å². The van der Waals surface area contributed by atoms with Crippen LogP contribution in [0.25, 0.3) is 0 Å². The van der Waals surface area contributed by atoms with Gasteiger partial charge in [-0.25, -0.2) is 0 Å². The van der Waals surface area contributed by atoms with Gasteiger partial charge in [-0.1, -0.05) is 30.0 Å². The molecule has 0 aromatic heterocycles. The minimum absolute atomic E-state index is 0.768. The van der Waals surface area contributed by atoms with E-state index in [1.54, 1.807) is 13.8 Å². The van der Waals surface area contributed by atoms with Gasteiger partial charge in [-0.2, -0.15) is 0 Å². The van der Waals surface area contributed by atoms with E-state index in [2.05, 4.69) is 23.2 Å². The van der Waals surface area contributed by atoms with E-state index in [0.717, 1.165) is 16.9 Å². The van der Waals surface area contributed by atoms with Crippen LogP contribution in [0.2, 0.25) is 0 Å². The van der Waals surface area contributed by atoms with Crippen LogP contribution >= 0.6 is 7.14 Å². The molecule has 0 saturated carbocycles. The van der Waals surface area contributed by atoms with Gasteiger partial charge in [0.2, 0.25) is 7.14 Å². The van der Waals surface area contributed by atoms with E-state index >= 15 is 0 Å². The Kier molecular flexibility index (Phi) is 4.89. The van der Waals surface area contributed by atoms with E-state index in [4.69, 9.17) is 4.74 Å². The first-order chi connectivity index (χ1) is 10.1. The SMILES string of the molecule is COc1ccc(C#CP(C)(=O)C#Cc2ccccc2)cc1. The zero-order valence-corrected chi connectivity index (χ0v) is 12.9. The molecule has 2 nitrogen and oxygen atoms in total. The van der Waals surface area contributed by atoms with Gasteiger partial charge >= 0.3 is 0 Å². The summed E-state index contributed by atoms with van der Waals surface area (Å²) in [7, 11) is -1.18. The molecule has 1 atom stereocenters. The minimum atomic E-state index is -2.80. The van der Waals surface area contributed by atoms with Crippen LogP contribution in [-0.4, -0.2) is 13.8 Å². The fourth-order valence-electron chi connectivity index (χ4n) is 1.57. The van der Waals surface area contributed by atoms with Crippen LogP contribution in [0.15, 0.2) is 54.6 Å². The molecule has 104 valence electrons. The predicted molar refractivity (Wildman–Crippen MR) is 86.7 cm³/mol. The molecule has 0 saturated heterocycles. The Labute approximate surface area is 125 Å². The van der Waals surface area contributed by atoms with Gasteiger partial charge in [-0.15, -0.1) is 0 Å². The molecule has 21 heavy (non-hydrogen) atoms. The highest BCUT2D eigenvalue weighted by molar-refractivity contribution is 7.73. The lowest BCUT2D eigenvalue weighted by Crippen LogP contribution is -1.82. The van der Waals surface area contributed by atoms with E-state index < -0.39 is 7.14 Å². The van der Waals surface area contributed by atoms with Crippen molar-refractivity contribution >= 4 is 7.14 Å². The molecule has 0 bridgehead atoms. The summed E-state index contributed by atoms with van der Waals surface area (Å²) in [5.74, 6) is 6.57. The first kappa shape index (κ1) is 15.0. The summed E-state index contributed by atoms with van der Waals surface area (Å²) in [5.41, 5.74) is 7.18. The monoisotopic (exact) mass is 294 g/mol. The largest absolute Gasteiger partial charge is 0.497 e. The molecule has 0 amide bonds. The fourth-order valence-corrected chi connectivity index (χ4v) is 2.31. The van der Waals surface area contributed by atoms with E-state index in [1.807, 2.05) is 54.6 Å². The average Bonchev–Trinajstić information content (AvgIpc) is 2.53. The molecule has 2 aromatic carbocycles. The van der Waals surface area contributed by atoms with Crippen LogP contribution in [0.4, 0.5) is 0 Å². The maximum atomic E-state index is 12.3. The number of rotatable bonds is 1. The Bertz CT molecular complexity index is 769. The third-order valence-electron chi connectivity index (χ3n) is 2.69. The molecular formula is C18H15O2P. The van der Waals surface area contributed by atoms with Gasteiger partial charge in [0.05, 0.1) is 7.11 Å². The van der Waals surface area contributed by atoms with Crippen LogP contribution in [0.5, 0.6) is 5.75 Å². The molecule has 3 heteroatoms. The summed E-state index contributed by atoms with van der Waals surface area (Å²) >= 11 is 0. The number of benzene rings is 2. The molecule has 0 spiro atoms. The lowest BCUT2D eigenvalue weighted by Gasteiger charge is -1.98. The van der Waals surface area contributed by atoms with Crippen LogP contribution in [-0.2, 0) is 4.57 Å². The summed E-state index contributed by atoms with van der Waals surface area (Å²) in [6, 6.07) is 16.8. The molecule has 0 heterocycles. The molecule has 0 aliphatic carbocycles. The normalized spacial score (nSPS) is 12.1. The van der Waals surface area contributed by atoms with Crippen molar-refractivity contribution in [1.29, 1.82) is 0 Å². The van der Waals surface area contributed by atoms with Gasteiger partial charge in [0.25, 0.3) is 0 Å². The van der Waals surface area contributed by atoms with Crippen molar-refractivity contribution in [2.75, 3.05) is 13.8 Å². The van der Waals surface area contributed by atoms with Crippen molar-refractivity contribution in [2.45, 2.75) is 0 Å². The van der Waals surface area contributed by atoms with Gasteiger partial charge in [0, 0.05) is 17.8 Å². The van der Waals surface area contributed by atoms with Gasteiger partial charge in [-0.05, 0) is 47.7 Å². The van der Waals surface area contributed by atoms with Crippen LogP contribution in [0, 0.1) is 23.2 Å². The first-order valence-corrected chi connectivity index (χ1v) is 8.58. The maximum Gasteiger partial charge on any atom is 0.220 e. The van der Waals surface area contributed by atoms with Gasteiger partial charge in [-0.3, -0.25) is 4.57 Å². The number of ether oxygens (including phenoxy) is 1. The molecule has 2 aromatic rings. The number of methoxy groups -OCH3 is 1. The smallest absolute Gasteiger partial charge is 0.220 e. The molecule has 0 aliphatic rings. The number of hydrogen-bond donors (Lipinski definition) is 0. The Hall–Kier alpha value is -2.41. The Morgan fingerprint density at radius 1 is 0.857 bits per heavy atom. The zero-order chi connectivity index (χ0) is 15.1. The molecule has 0 N–H and O–H groups in total. The van der Waals surface area contributed by atoms with E-state index in [-0.39, 0.29) is 0 Å². The van der Waals surface area contributed by atoms with Crippen molar-refractivity contribution in [3.63, 3.8) is 0 Å². The van der Waals surface area contributed by atoms with Crippen LogP contribution < -0.4 is 4.74 Å². The van der Waals surface area contributed by atoms with Gasteiger partial charge < -0.3 is 4.74 Å². The number of hydrogen-bond acceptors (Lipinski definition) is 2.